The number of carbonyl (C=O) groups is 4. The van der Waals surface area contributed by atoms with Gasteiger partial charge in [-0.25, -0.2) is 0 Å². The zero-order valence-corrected chi connectivity index (χ0v) is 25.9. The van der Waals surface area contributed by atoms with Gasteiger partial charge in [-0.05, 0) is 63.4 Å². The van der Waals surface area contributed by atoms with E-state index in [1.54, 1.807) is 30.0 Å². The first kappa shape index (κ1) is 31.0. The number of thiophene rings is 1. The Hall–Kier alpha value is -4.39. The number of rotatable bonds is 3. The van der Waals surface area contributed by atoms with E-state index in [4.69, 9.17) is 14.0 Å². The molecule has 0 radical (unpaired) electrons. The number of hydrogen-bond acceptors (Lipinski definition) is 9. The van der Waals surface area contributed by atoms with Gasteiger partial charge in [0.2, 0.25) is 5.91 Å². The molecule has 3 aromatic rings. The van der Waals surface area contributed by atoms with E-state index >= 15 is 0 Å². The van der Waals surface area contributed by atoms with Gasteiger partial charge < -0.3 is 34.4 Å². The first-order chi connectivity index (χ1) is 21.2. The van der Waals surface area contributed by atoms with Crippen LogP contribution in [0, 0.1) is 13.8 Å². The minimum absolute atomic E-state index is 0.0458. The molecule has 44 heavy (non-hydrogen) atoms. The van der Waals surface area contributed by atoms with Crippen molar-refractivity contribution in [3.8, 4) is 11.5 Å². The second-order valence-electron chi connectivity index (χ2n) is 10.9. The van der Waals surface area contributed by atoms with Gasteiger partial charge in [0.1, 0.15) is 17.9 Å². The number of nitrogens with one attached hydrogen (secondary N) is 2. The Bertz CT molecular complexity index is 1520. The molecule has 13 heteroatoms. The van der Waals surface area contributed by atoms with E-state index in [2.05, 4.69) is 15.8 Å². The fraction of sp³-hybridized carbons (Fsp3) is 0.452. The summed E-state index contributed by atoms with van der Waals surface area (Å²) in [4.78, 5) is 58.1. The highest BCUT2D eigenvalue weighted by Gasteiger charge is 2.42. The molecule has 1 saturated heterocycles. The molecule has 2 N–H and O–H groups in total. The van der Waals surface area contributed by atoms with Crippen LogP contribution in [0.1, 0.15) is 66.8 Å². The van der Waals surface area contributed by atoms with E-state index in [9.17, 15) is 19.2 Å². The van der Waals surface area contributed by atoms with E-state index < -0.39 is 18.1 Å². The molecule has 0 spiro atoms. The van der Waals surface area contributed by atoms with Crippen molar-refractivity contribution in [1.82, 2.24) is 25.6 Å². The number of ether oxygens (including phenoxy) is 2. The molecule has 2 atom stereocenters. The average Bonchev–Trinajstić information content (AvgIpc) is 3.76. The van der Waals surface area contributed by atoms with Gasteiger partial charge in [0.25, 0.3) is 17.7 Å². The summed E-state index contributed by atoms with van der Waals surface area (Å²) in [6.07, 6.45) is 1.58. The van der Waals surface area contributed by atoms with Gasteiger partial charge in [-0.2, -0.15) is 0 Å². The van der Waals surface area contributed by atoms with Crippen molar-refractivity contribution in [3.63, 3.8) is 0 Å². The quantitative estimate of drug-likeness (QED) is 0.453. The first-order valence-corrected chi connectivity index (χ1v) is 15.6. The first-order valence-electron chi connectivity index (χ1n) is 14.7. The maximum Gasteiger partial charge on any atom is 0.276 e. The van der Waals surface area contributed by atoms with Crippen LogP contribution < -0.4 is 20.1 Å². The highest BCUT2D eigenvalue weighted by Crippen LogP contribution is 2.32. The van der Waals surface area contributed by atoms with Gasteiger partial charge in [0, 0.05) is 49.1 Å². The van der Waals surface area contributed by atoms with Crippen LogP contribution in [0.4, 0.5) is 0 Å². The van der Waals surface area contributed by atoms with Crippen molar-refractivity contribution in [1.29, 1.82) is 0 Å². The van der Waals surface area contributed by atoms with Crippen LogP contribution >= 0.6 is 11.3 Å². The van der Waals surface area contributed by atoms with Gasteiger partial charge in [0.05, 0.1) is 18.5 Å². The smallest absolute Gasteiger partial charge is 0.276 e. The van der Waals surface area contributed by atoms with Crippen molar-refractivity contribution in [2.24, 2.45) is 0 Å². The Morgan fingerprint density at radius 3 is 2.52 bits per heavy atom. The molecule has 2 aliphatic heterocycles. The van der Waals surface area contributed by atoms with Crippen LogP contribution in [-0.2, 0) is 4.79 Å². The fourth-order valence-electron chi connectivity index (χ4n) is 5.41. The summed E-state index contributed by atoms with van der Waals surface area (Å²) < 4.78 is 16.9. The highest BCUT2D eigenvalue weighted by atomic mass is 32.1. The number of aromatic nitrogens is 1. The lowest BCUT2D eigenvalue weighted by molar-refractivity contribution is -0.124. The molecule has 1 aromatic carbocycles. The van der Waals surface area contributed by atoms with Crippen molar-refractivity contribution < 1.29 is 33.2 Å². The highest BCUT2D eigenvalue weighted by molar-refractivity contribution is 7.13. The third kappa shape index (κ3) is 7.21. The van der Waals surface area contributed by atoms with Crippen LogP contribution in [0.15, 0.2) is 40.9 Å². The number of nitrogens with zero attached hydrogens (tertiary/aromatic N) is 3. The molecule has 12 nitrogen and oxygen atoms in total. The summed E-state index contributed by atoms with van der Waals surface area (Å²) in [6, 6.07) is 9.39. The van der Waals surface area contributed by atoms with Gasteiger partial charge in [-0.1, -0.05) is 5.16 Å². The Morgan fingerprint density at radius 2 is 1.80 bits per heavy atom. The van der Waals surface area contributed by atoms with Crippen molar-refractivity contribution in [3.05, 3.63) is 63.2 Å². The second kappa shape index (κ2) is 13.9. The molecule has 4 bridgehead atoms. The minimum Gasteiger partial charge on any atom is -0.493 e. The van der Waals surface area contributed by atoms with Crippen LogP contribution in [0.3, 0.4) is 0 Å². The van der Waals surface area contributed by atoms with Crippen molar-refractivity contribution in [2.75, 3.05) is 39.8 Å². The molecule has 4 amide bonds. The number of methoxy groups -OCH3 is 1. The Balaban J connectivity index is 1.38. The summed E-state index contributed by atoms with van der Waals surface area (Å²) >= 11 is 1.46. The number of aryl methyl sites for hydroxylation is 2. The Morgan fingerprint density at radius 1 is 1.00 bits per heavy atom. The van der Waals surface area contributed by atoms with Gasteiger partial charge in [-0.15, -0.1) is 11.3 Å². The van der Waals surface area contributed by atoms with E-state index in [0.717, 1.165) is 4.88 Å². The molecule has 4 heterocycles. The van der Waals surface area contributed by atoms with Crippen molar-refractivity contribution in [2.45, 2.75) is 51.7 Å². The maximum absolute atomic E-state index is 13.4. The second-order valence-corrected chi connectivity index (χ2v) is 12.2. The molecule has 0 saturated carbocycles. The number of likely N-dealkylation sites (tertiary alicyclic amines) is 1. The largest absolute Gasteiger partial charge is 0.493 e. The normalized spacial score (nSPS) is 20.1. The summed E-state index contributed by atoms with van der Waals surface area (Å²) in [5.41, 5.74) is 0.483. The minimum atomic E-state index is -0.802. The van der Waals surface area contributed by atoms with Gasteiger partial charge >= 0.3 is 0 Å². The Kier molecular flexibility index (Phi) is 9.83. The lowest BCUT2D eigenvalue weighted by Crippen LogP contribution is -2.46. The summed E-state index contributed by atoms with van der Waals surface area (Å²) in [6.45, 7) is 5.53. The predicted molar refractivity (Wildman–Crippen MR) is 162 cm³/mol. The van der Waals surface area contributed by atoms with Gasteiger partial charge in [-0.3, -0.25) is 19.2 Å². The standard InChI is InChI=1S/C31H37N5O7S/c1-19-15-23(34-43-19)30(39)36-18-22-17-24(36)29(38)33-11-4-5-13-35(31(40)27-10-7-20(2)44-27)14-6-12-32-28(37)21-8-9-25(41-3)26(16-21)42-22/h7-10,15-16,22,24H,4-6,11-14,17-18H2,1-3H3,(H,32,37)(H,33,38)/t22-,24-/m0/s1. The molecular weight excluding hydrogens is 586 g/mol. The van der Waals surface area contributed by atoms with Crippen LogP contribution in [0.25, 0.3) is 0 Å². The number of carbonyl (C=O) groups excluding carboxylic acids is 4. The number of amides is 4. The Labute approximate surface area is 259 Å². The predicted octanol–water partition coefficient (Wildman–Crippen LogP) is 3.20. The maximum atomic E-state index is 13.4. The average molecular weight is 624 g/mol. The fourth-order valence-corrected chi connectivity index (χ4v) is 6.25. The summed E-state index contributed by atoms with van der Waals surface area (Å²) in [7, 11) is 1.50. The molecular formula is C31H37N5O7S. The van der Waals surface area contributed by atoms with Crippen molar-refractivity contribution >= 4 is 35.0 Å². The molecule has 0 unspecified atom stereocenters. The number of benzene rings is 1. The zero-order chi connectivity index (χ0) is 31.2. The monoisotopic (exact) mass is 623 g/mol. The SMILES string of the molecule is COc1ccc2cc1O[C@H]1C[C@@H](C(=O)NCCCCN(C(=O)c3ccc(C)s3)CCCNC2=O)N(C(=O)c2cc(C)on2)C1. The zero-order valence-electron chi connectivity index (χ0n) is 25.1. The molecule has 0 aliphatic carbocycles. The van der Waals surface area contributed by atoms with E-state index in [1.165, 1.54) is 29.4 Å². The molecule has 2 aromatic heterocycles. The van der Waals surface area contributed by atoms with Crippen LogP contribution in [0.2, 0.25) is 0 Å². The molecule has 1 fully saturated rings. The third-order valence-electron chi connectivity index (χ3n) is 7.68. The lowest BCUT2D eigenvalue weighted by atomic mass is 10.1. The number of fused-ring (bicyclic) bond motifs is 4. The summed E-state index contributed by atoms with van der Waals surface area (Å²) in [5, 5.41) is 9.75. The van der Waals surface area contributed by atoms with Crippen LogP contribution in [0.5, 0.6) is 11.5 Å². The molecule has 2 aliphatic rings. The molecule has 5 rings (SSSR count). The van der Waals surface area contributed by atoms with E-state index in [1.807, 2.05) is 19.1 Å². The van der Waals surface area contributed by atoms with E-state index in [0.29, 0.717) is 73.1 Å². The third-order valence-corrected chi connectivity index (χ3v) is 8.66. The molecule has 234 valence electrons. The van der Waals surface area contributed by atoms with E-state index in [-0.39, 0.29) is 36.4 Å². The van der Waals surface area contributed by atoms with Crippen LogP contribution in [-0.4, -0.2) is 90.6 Å². The van der Waals surface area contributed by atoms with Gasteiger partial charge in [0.15, 0.2) is 17.2 Å². The topological polar surface area (TPSA) is 143 Å². The summed E-state index contributed by atoms with van der Waals surface area (Å²) in [5.74, 6) is 0.161. The number of hydrogen-bond donors (Lipinski definition) is 2. The lowest BCUT2D eigenvalue weighted by Gasteiger charge is -2.23.